The summed E-state index contributed by atoms with van der Waals surface area (Å²) in [4.78, 5) is 0. The van der Waals surface area contributed by atoms with Crippen molar-refractivity contribution >= 4 is 0 Å². The van der Waals surface area contributed by atoms with Crippen molar-refractivity contribution in [2.24, 2.45) is 16.2 Å². The summed E-state index contributed by atoms with van der Waals surface area (Å²) >= 11 is 0. The van der Waals surface area contributed by atoms with Gasteiger partial charge in [0.05, 0.1) is 0 Å². The molecule has 3 atom stereocenters. The molecule has 3 rings (SSSR count). The van der Waals surface area contributed by atoms with Crippen molar-refractivity contribution in [1.82, 2.24) is 0 Å². The quantitative estimate of drug-likeness (QED) is 0.463. The summed E-state index contributed by atoms with van der Waals surface area (Å²) in [5, 5.41) is 0. The van der Waals surface area contributed by atoms with Crippen molar-refractivity contribution in [3.8, 4) is 0 Å². The highest BCUT2D eigenvalue weighted by Gasteiger charge is 2.86. The van der Waals surface area contributed by atoms with E-state index in [1.54, 1.807) is 12.8 Å². The van der Waals surface area contributed by atoms with Gasteiger partial charge in [0, 0.05) is 0 Å². The van der Waals surface area contributed by atoms with Crippen LogP contribution in [0.15, 0.2) is 0 Å². The average molecular weight is 122 g/mol. The molecule has 0 aromatic heterocycles. The fourth-order valence-electron chi connectivity index (χ4n) is 3.67. The zero-order chi connectivity index (χ0) is 6.33. The van der Waals surface area contributed by atoms with Gasteiger partial charge in [0.1, 0.15) is 0 Å². The van der Waals surface area contributed by atoms with Gasteiger partial charge in [-0.1, -0.05) is 13.8 Å². The van der Waals surface area contributed by atoms with E-state index in [9.17, 15) is 0 Å². The van der Waals surface area contributed by atoms with E-state index in [0.29, 0.717) is 0 Å². The molecular weight excluding hydrogens is 108 g/mol. The fraction of sp³-hybridized carbons (Fsp3) is 1.00. The van der Waals surface area contributed by atoms with E-state index in [2.05, 4.69) is 13.8 Å². The third kappa shape index (κ3) is 0.264. The molecular formula is C9H14. The molecule has 50 valence electrons. The van der Waals surface area contributed by atoms with Crippen LogP contribution in [0.4, 0.5) is 0 Å². The smallest absolute Gasteiger partial charge is 0.0179 e. The van der Waals surface area contributed by atoms with Gasteiger partial charge >= 0.3 is 0 Å². The Balaban J connectivity index is 2.11. The van der Waals surface area contributed by atoms with E-state index < -0.39 is 0 Å². The summed E-state index contributed by atoms with van der Waals surface area (Å²) in [6.45, 7) is 4.98. The summed E-state index contributed by atoms with van der Waals surface area (Å²) in [6, 6.07) is 0. The predicted octanol–water partition coefficient (Wildman–Crippen LogP) is 2.59. The number of hydrogen-bond acceptors (Lipinski definition) is 0. The van der Waals surface area contributed by atoms with E-state index in [1.165, 1.54) is 12.8 Å². The molecule has 0 aliphatic heterocycles. The third-order valence-corrected chi connectivity index (χ3v) is 4.67. The van der Waals surface area contributed by atoms with Crippen molar-refractivity contribution in [3.05, 3.63) is 0 Å². The summed E-state index contributed by atoms with van der Waals surface area (Å²) in [5.74, 6) is 0. The summed E-state index contributed by atoms with van der Waals surface area (Å²) in [7, 11) is 0. The molecule has 9 heavy (non-hydrogen) atoms. The topological polar surface area (TPSA) is 0 Å². The minimum absolute atomic E-state index is 0.835. The predicted molar refractivity (Wildman–Crippen MR) is 37.1 cm³/mol. The van der Waals surface area contributed by atoms with E-state index in [4.69, 9.17) is 0 Å². The van der Waals surface area contributed by atoms with E-state index in [1.807, 2.05) is 0 Å². The van der Waals surface area contributed by atoms with Gasteiger partial charge in [-0.25, -0.2) is 0 Å². The zero-order valence-corrected chi connectivity index (χ0v) is 6.33. The Hall–Kier alpha value is 0. The molecule has 3 fully saturated rings. The van der Waals surface area contributed by atoms with Crippen LogP contribution in [0.1, 0.15) is 39.5 Å². The van der Waals surface area contributed by atoms with Gasteiger partial charge < -0.3 is 0 Å². The molecule has 0 aromatic carbocycles. The Morgan fingerprint density at radius 3 is 1.44 bits per heavy atom. The standard InChI is InChI=1S/C9H14/c1-7-3-4-8(2)6-9(7,8)5-7/h3-6H2,1-2H3/t7-,8?,9?/m0/s1. The first kappa shape index (κ1) is 4.76. The van der Waals surface area contributed by atoms with Gasteiger partial charge in [0.2, 0.25) is 0 Å². The zero-order valence-electron chi connectivity index (χ0n) is 6.33. The monoisotopic (exact) mass is 122 g/mol. The molecule has 3 aliphatic rings. The SMILES string of the molecule is CC12CC[C@@]3(C)CC13C2. The van der Waals surface area contributed by atoms with E-state index >= 15 is 0 Å². The van der Waals surface area contributed by atoms with Crippen LogP contribution < -0.4 is 0 Å². The van der Waals surface area contributed by atoms with Crippen LogP contribution >= 0.6 is 0 Å². The number of hydrogen-bond donors (Lipinski definition) is 0. The van der Waals surface area contributed by atoms with Crippen molar-refractivity contribution in [3.63, 3.8) is 0 Å². The minimum Gasteiger partial charge on any atom is -0.0591 e. The lowest BCUT2D eigenvalue weighted by molar-refractivity contribution is 0.476. The van der Waals surface area contributed by atoms with Crippen LogP contribution in [-0.2, 0) is 0 Å². The highest BCUT2D eigenvalue weighted by molar-refractivity contribution is 5.35. The first-order chi connectivity index (χ1) is 4.12. The Labute approximate surface area is 56.6 Å². The van der Waals surface area contributed by atoms with Crippen LogP contribution in [0.3, 0.4) is 0 Å². The molecule has 0 saturated heterocycles. The Morgan fingerprint density at radius 2 is 1.33 bits per heavy atom. The molecule has 3 saturated carbocycles. The first-order valence-corrected chi connectivity index (χ1v) is 4.12. The largest absolute Gasteiger partial charge is 0.0591 e. The lowest BCUT2D eigenvalue weighted by atomic mass is 10.0. The molecule has 2 unspecified atom stereocenters. The molecule has 1 spiro atoms. The Morgan fingerprint density at radius 1 is 0.889 bits per heavy atom. The minimum atomic E-state index is 0.835. The lowest BCUT2D eigenvalue weighted by Gasteiger charge is -2.04. The van der Waals surface area contributed by atoms with Crippen molar-refractivity contribution in [2.75, 3.05) is 0 Å². The number of rotatable bonds is 0. The fourth-order valence-corrected chi connectivity index (χ4v) is 3.67. The first-order valence-electron chi connectivity index (χ1n) is 4.12. The van der Waals surface area contributed by atoms with Crippen LogP contribution in [0.2, 0.25) is 0 Å². The second kappa shape index (κ2) is 0.810. The average Bonchev–Trinajstić information content (AvgIpc) is 2.50. The molecule has 3 aliphatic carbocycles. The molecule has 0 N–H and O–H groups in total. The van der Waals surface area contributed by atoms with Gasteiger partial charge in [-0.3, -0.25) is 0 Å². The van der Waals surface area contributed by atoms with Crippen LogP contribution in [0, 0.1) is 16.2 Å². The Kier molecular flexibility index (Phi) is 0.428. The van der Waals surface area contributed by atoms with Gasteiger partial charge in [-0.05, 0) is 41.9 Å². The van der Waals surface area contributed by atoms with Crippen molar-refractivity contribution in [2.45, 2.75) is 39.5 Å². The molecule has 0 aromatic rings. The second-order valence-corrected chi connectivity index (χ2v) is 5.06. The maximum Gasteiger partial charge on any atom is -0.0179 e. The van der Waals surface area contributed by atoms with Crippen molar-refractivity contribution in [1.29, 1.82) is 0 Å². The maximum atomic E-state index is 2.49. The summed E-state index contributed by atoms with van der Waals surface area (Å²) in [5.41, 5.74) is 2.57. The van der Waals surface area contributed by atoms with E-state index in [-0.39, 0.29) is 0 Å². The van der Waals surface area contributed by atoms with Crippen molar-refractivity contribution < 1.29 is 0 Å². The molecule has 0 nitrogen and oxygen atoms in total. The molecule has 0 bridgehead atoms. The van der Waals surface area contributed by atoms with E-state index in [0.717, 1.165) is 16.2 Å². The lowest BCUT2D eigenvalue weighted by Crippen LogP contribution is -1.91. The third-order valence-electron chi connectivity index (χ3n) is 4.67. The van der Waals surface area contributed by atoms with Gasteiger partial charge in [0.15, 0.2) is 0 Å². The molecule has 0 heteroatoms. The highest BCUT2D eigenvalue weighted by atomic mass is 14.9. The summed E-state index contributed by atoms with van der Waals surface area (Å²) in [6.07, 6.45) is 6.19. The molecule has 0 amide bonds. The Bertz CT molecular complexity index is 164. The maximum absolute atomic E-state index is 2.49. The van der Waals surface area contributed by atoms with Gasteiger partial charge in [-0.15, -0.1) is 0 Å². The molecule has 0 radical (unpaired) electrons. The molecule has 0 heterocycles. The van der Waals surface area contributed by atoms with Crippen LogP contribution in [0.5, 0.6) is 0 Å². The van der Waals surface area contributed by atoms with Gasteiger partial charge in [-0.2, -0.15) is 0 Å². The van der Waals surface area contributed by atoms with Gasteiger partial charge in [0.25, 0.3) is 0 Å². The summed E-state index contributed by atoms with van der Waals surface area (Å²) < 4.78 is 0. The second-order valence-electron chi connectivity index (χ2n) is 5.06. The highest BCUT2D eigenvalue weighted by Crippen LogP contribution is 2.94. The van der Waals surface area contributed by atoms with Crippen LogP contribution in [0.25, 0.3) is 0 Å². The van der Waals surface area contributed by atoms with Crippen LogP contribution in [-0.4, -0.2) is 0 Å². The normalized spacial score (nSPS) is 75.3.